The number of nitrogens with one attached hydrogen (secondary N) is 1. The number of esters is 1. The van der Waals surface area contributed by atoms with Gasteiger partial charge in [-0.15, -0.1) is 0 Å². The lowest BCUT2D eigenvalue weighted by molar-refractivity contribution is -0.142. The average molecular weight is 325 g/mol. The molecule has 0 fully saturated rings. The minimum atomic E-state index is -1.77. The third kappa shape index (κ3) is 3.05. The number of Topliss-reactive ketones (excluding diaryl/α,β-unsaturated/α-hetero) is 1. The number of ether oxygens (including phenoxy) is 2. The smallest absolute Gasteiger partial charge is 0.308 e. The SMILES string of the molecule is CC(=O)NC1=C(OC(C)=O)C(=O)C(C)(c2ccc(F)c(F)c2)O1. The van der Waals surface area contributed by atoms with Crippen LogP contribution in [-0.4, -0.2) is 17.7 Å². The van der Waals surface area contributed by atoms with Crippen molar-refractivity contribution in [3.63, 3.8) is 0 Å². The topological polar surface area (TPSA) is 81.7 Å². The Morgan fingerprint density at radius 3 is 2.39 bits per heavy atom. The maximum atomic E-state index is 13.4. The van der Waals surface area contributed by atoms with Crippen molar-refractivity contribution in [3.05, 3.63) is 47.0 Å². The first-order valence-corrected chi connectivity index (χ1v) is 6.54. The molecule has 8 heteroatoms. The summed E-state index contributed by atoms with van der Waals surface area (Å²) in [5, 5.41) is 2.23. The summed E-state index contributed by atoms with van der Waals surface area (Å²) >= 11 is 0. The Morgan fingerprint density at radius 2 is 1.87 bits per heavy atom. The van der Waals surface area contributed by atoms with E-state index < -0.39 is 40.7 Å². The van der Waals surface area contributed by atoms with Gasteiger partial charge in [-0.25, -0.2) is 8.78 Å². The summed E-state index contributed by atoms with van der Waals surface area (Å²) < 4.78 is 36.7. The zero-order valence-corrected chi connectivity index (χ0v) is 12.5. The molecule has 122 valence electrons. The predicted molar refractivity (Wildman–Crippen MR) is 72.4 cm³/mol. The van der Waals surface area contributed by atoms with Gasteiger partial charge in [-0.3, -0.25) is 19.7 Å². The number of halogens is 2. The minimum Gasteiger partial charge on any atom is -0.456 e. The van der Waals surface area contributed by atoms with E-state index in [2.05, 4.69) is 5.32 Å². The summed E-state index contributed by atoms with van der Waals surface area (Å²) in [5.41, 5.74) is -1.76. The molecule has 0 saturated heterocycles. The number of carbonyl (C=O) groups excluding carboxylic acids is 3. The van der Waals surface area contributed by atoms with Gasteiger partial charge in [0.1, 0.15) is 0 Å². The lowest BCUT2D eigenvalue weighted by atomic mass is 9.91. The molecule has 1 heterocycles. The van der Waals surface area contributed by atoms with E-state index in [0.717, 1.165) is 19.1 Å². The van der Waals surface area contributed by atoms with Crippen LogP contribution in [0, 0.1) is 11.6 Å². The van der Waals surface area contributed by atoms with E-state index in [1.54, 1.807) is 0 Å². The molecule has 2 rings (SSSR count). The quantitative estimate of drug-likeness (QED) is 0.855. The molecular formula is C15H13F2NO5. The Balaban J connectivity index is 2.46. The highest BCUT2D eigenvalue weighted by Gasteiger charge is 2.50. The van der Waals surface area contributed by atoms with Crippen molar-refractivity contribution < 1.29 is 32.6 Å². The third-order valence-corrected chi connectivity index (χ3v) is 3.16. The van der Waals surface area contributed by atoms with Crippen LogP contribution in [0.2, 0.25) is 0 Å². The average Bonchev–Trinajstić information content (AvgIpc) is 2.66. The van der Waals surface area contributed by atoms with Gasteiger partial charge in [0.05, 0.1) is 0 Å². The standard InChI is InChI=1S/C15H13F2NO5/c1-7(19)18-14-12(22-8(2)20)13(21)15(3,23-14)9-4-5-10(16)11(17)6-9/h4-6H,1-3H3,(H,18,19). The second-order valence-electron chi connectivity index (χ2n) is 5.03. The Labute approximate surface area is 130 Å². The van der Waals surface area contributed by atoms with Crippen molar-refractivity contribution in [1.29, 1.82) is 0 Å². The van der Waals surface area contributed by atoms with Gasteiger partial charge in [0.25, 0.3) is 5.78 Å². The summed E-state index contributed by atoms with van der Waals surface area (Å²) in [6.45, 7) is 3.53. The van der Waals surface area contributed by atoms with E-state index in [4.69, 9.17) is 9.47 Å². The minimum absolute atomic E-state index is 0.00593. The van der Waals surface area contributed by atoms with Gasteiger partial charge >= 0.3 is 5.97 Å². The molecule has 1 amide bonds. The van der Waals surface area contributed by atoms with E-state index in [9.17, 15) is 23.2 Å². The van der Waals surface area contributed by atoms with Crippen LogP contribution in [0.3, 0.4) is 0 Å². The van der Waals surface area contributed by atoms with E-state index in [0.29, 0.717) is 0 Å². The third-order valence-electron chi connectivity index (χ3n) is 3.16. The molecule has 0 spiro atoms. The molecule has 1 aliphatic rings. The zero-order valence-electron chi connectivity index (χ0n) is 12.5. The Kier molecular flexibility index (Phi) is 4.18. The first-order valence-electron chi connectivity index (χ1n) is 6.54. The van der Waals surface area contributed by atoms with Gasteiger partial charge in [-0.05, 0) is 19.1 Å². The first kappa shape index (κ1) is 16.6. The normalized spacial score (nSPS) is 20.3. The van der Waals surface area contributed by atoms with Crippen molar-refractivity contribution in [2.45, 2.75) is 26.4 Å². The summed E-state index contributed by atoms with van der Waals surface area (Å²) in [6.07, 6.45) is 0. The lowest BCUT2D eigenvalue weighted by Gasteiger charge is -2.23. The molecule has 1 N–H and O–H groups in total. The Morgan fingerprint density at radius 1 is 1.22 bits per heavy atom. The molecule has 0 aliphatic carbocycles. The number of rotatable bonds is 3. The number of ketones is 1. The maximum Gasteiger partial charge on any atom is 0.308 e. The summed E-state index contributed by atoms with van der Waals surface area (Å²) in [6, 6.07) is 2.81. The monoisotopic (exact) mass is 325 g/mol. The zero-order chi connectivity index (χ0) is 17.4. The number of hydrogen-bond donors (Lipinski definition) is 1. The van der Waals surface area contributed by atoms with Crippen LogP contribution in [0.4, 0.5) is 8.78 Å². The molecule has 0 aromatic heterocycles. The molecule has 0 radical (unpaired) electrons. The molecule has 6 nitrogen and oxygen atoms in total. The van der Waals surface area contributed by atoms with Gasteiger partial charge in [-0.2, -0.15) is 0 Å². The molecular weight excluding hydrogens is 312 g/mol. The number of carbonyl (C=O) groups is 3. The van der Waals surface area contributed by atoms with Crippen molar-refractivity contribution in [1.82, 2.24) is 5.32 Å². The van der Waals surface area contributed by atoms with Crippen LogP contribution < -0.4 is 5.32 Å². The highest BCUT2D eigenvalue weighted by Crippen LogP contribution is 2.38. The van der Waals surface area contributed by atoms with Gasteiger partial charge < -0.3 is 9.47 Å². The maximum absolute atomic E-state index is 13.4. The summed E-state index contributed by atoms with van der Waals surface area (Å²) in [7, 11) is 0. The van der Waals surface area contributed by atoms with Crippen LogP contribution in [-0.2, 0) is 29.5 Å². The van der Waals surface area contributed by atoms with Crippen molar-refractivity contribution >= 4 is 17.7 Å². The van der Waals surface area contributed by atoms with E-state index >= 15 is 0 Å². The highest BCUT2D eigenvalue weighted by atomic mass is 19.2. The Bertz CT molecular complexity index is 743. The largest absolute Gasteiger partial charge is 0.456 e. The van der Waals surface area contributed by atoms with Gasteiger partial charge in [0.2, 0.25) is 17.5 Å². The van der Waals surface area contributed by atoms with Crippen molar-refractivity contribution in [2.75, 3.05) is 0 Å². The molecule has 1 atom stereocenters. The van der Waals surface area contributed by atoms with Crippen LogP contribution in [0.25, 0.3) is 0 Å². The number of benzene rings is 1. The van der Waals surface area contributed by atoms with Crippen molar-refractivity contribution in [3.8, 4) is 0 Å². The van der Waals surface area contributed by atoms with Gasteiger partial charge in [0, 0.05) is 19.4 Å². The van der Waals surface area contributed by atoms with Gasteiger partial charge in [0.15, 0.2) is 17.2 Å². The molecule has 1 unspecified atom stereocenters. The van der Waals surface area contributed by atoms with Crippen LogP contribution in [0.5, 0.6) is 0 Å². The Hall–Kier alpha value is -2.77. The highest BCUT2D eigenvalue weighted by molar-refractivity contribution is 6.04. The van der Waals surface area contributed by atoms with E-state index in [1.807, 2.05) is 0 Å². The molecule has 0 saturated carbocycles. The molecule has 1 aromatic rings. The lowest BCUT2D eigenvalue weighted by Crippen LogP contribution is -2.32. The fourth-order valence-electron chi connectivity index (χ4n) is 2.08. The first-order chi connectivity index (χ1) is 10.6. The van der Waals surface area contributed by atoms with Crippen LogP contribution in [0.1, 0.15) is 26.3 Å². The summed E-state index contributed by atoms with van der Waals surface area (Å²) in [5.74, 6) is -5.27. The predicted octanol–water partition coefficient (Wildman–Crippen LogP) is 1.65. The summed E-state index contributed by atoms with van der Waals surface area (Å²) in [4.78, 5) is 34.9. The number of hydrogen-bond acceptors (Lipinski definition) is 5. The molecule has 1 aliphatic heterocycles. The number of amides is 1. The second-order valence-corrected chi connectivity index (χ2v) is 5.03. The van der Waals surface area contributed by atoms with Gasteiger partial charge in [-0.1, -0.05) is 6.07 Å². The molecule has 0 bridgehead atoms. The van der Waals surface area contributed by atoms with E-state index in [-0.39, 0.29) is 11.4 Å². The molecule has 23 heavy (non-hydrogen) atoms. The fourth-order valence-corrected chi connectivity index (χ4v) is 2.08. The van der Waals surface area contributed by atoms with E-state index in [1.165, 1.54) is 19.9 Å². The van der Waals surface area contributed by atoms with Crippen molar-refractivity contribution in [2.24, 2.45) is 0 Å². The van der Waals surface area contributed by atoms with Crippen LogP contribution >= 0.6 is 0 Å². The second kappa shape index (κ2) is 5.79. The van der Waals surface area contributed by atoms with Crippen LogP contribution in [0.15, 0.2) is 29.8 Å². The molecule has 1 aromatic carbocycles. The fraction of sp³-hybridized carbons (Fsp3) is 0.267.